The smallest absolute Gasteiger partial charge is 0.243 e. The van der Waals surface area contributed by atoms with Gasteiger partial charge in [-0.3, -0.25) is 4.79 Å². The van der Waals surface area contributed by atoms with Crippen molar-refractivity contribution in [3.63, 3.8) is 0 Å². The van der Waals surface area contributed by atoms with Gasteiger partial charge < -0.3 is 10.2 Å². The summed E-state index contributed by atoms with van der Waals surface area (Å²) in [5, 5.41) is 3.21. The summed E-state index contributed by atoms with van der Waals surface area (Å²) in [5.74, 6) is 0.159. The van der Waals surface area contributed by atoms with Crippen molar-refractivity contribution in [3.05, 3.63) is 65.7 Å². The minimum atomic E-state index is -3.81. The molecule has 1 amide bonds. The molecule has 156 valence electrons. The fourth-order valence-corrected chi connectivity index (χ4v) is 4.73. The van der Waals surface area contributed by atoms with E-state index >= 15 is 0 Å². The number of rotatable bonds is 7. The summed E-state index contributed by atoms with van der Waals surface area (Å²) in [5.41, 5.74) is 1.93. The molecular weight excluding hydrogens is 386 g/mol. The summed E-state index contributed by atoms with van der Waals surface area (Å²) in [7, 11) is -3.81. The van der Waals surface area contributed by atoms with Crippen LogP contribution in [-0.2, 0) is 21.4 Å². The highest BCUT2D eigenvalue weighted by Crippen LogP contribution is 2.22. The van der Waals surface area contributed by atoms with Crippen LogP contribution < -0.4 is 5.32 Å². The first-order chi connectivity index (χ1) is 13.9. The van der Waals surface area contributed by atoms with Crippen molar-refractivity contribution >= 4 is 15.9 Å². The second-order valence-corrected chi connectivity index (χ2v) is 9.55. The molecule has 0 unspecified atom stereocenters. The average Bonchev–Trinajstić information content (AvgIpc) is 2.74. The lowest BCUT2D eigenvalue weighted by atomic mass is 10.0. The molecule has 1 fully saturated rings. The predicted molar refractivity (Wildman–Crippen MR) is 114 cm³/mol. The van der Waals surface area contributed by atoms with E-state index in [9.17, 15) is 13.2 Å². The molecule has 0 saturated carbocycles. The molecule has 1 heterocycles. The zero-order valence-corrected chi connectivity index (χ0v) is 17.9. The van der Waals surface area contributed by atoms with E-state index in [-0.39, 0.29) is 23.9 Å². The number of nitrogens with zero attached hydrogens (tertiary/aromatic N) is 2. The topological polar surface area (TPSA) is 69.7 Å². The van der Waals surface area contributed by atoms with Crippen molar-refractivity contribution in [1.82, 2.24) is 14.5 Å². The second kappa shape index (κ2) is 9.52. The van der Waals surface area contributed by atoms with Gasteiger partial charge in [0.25, 0.3) is 0 Å². The fourth-order valence-electron chi connectivity index (χ4n) is 3.35. The van der Waals surface area contributed by atoms with E-state index < -0.39 is 10.0 Å². The van der Waals surface area contributed by atoms with Crippen LogP contribution in [0.3, 0.4) is 0 Å². The summed E-state index contributed by atoms with van der Waals surface area (Å²) < 4.78 is 28.0. The van der Waals surface area contributed by atoms with Gasteiger partial charge >= 0.3 is 0 Å². The Balaban J connectivity index is 1.86. The van der Waals surface area contributed by atoms with Crippen molar-refractivity contribution in [2.45, 2.75) is 31.2 Å². The van der Waals surface area contributed by atoms with E-state index in [1.807, 2.05) is 42.5 Å². The molecule has 1 saturated heterocycles. The molecule has 0 aromatic heterocycles. The summed E-state index contributed by atoms with van der Waals surface area (Å²) in [4.78, 5) is 14.8. The van der Waals surface area contributed by atoms with E-state index in [0.717, 1.165) is 24.2 Å². The van der Waals surface area contributed by atoms with Crippen LogP contribution in [0.25, 0.3) is 0 Å². The first-order valence-electron chi connectivity index (χ1n) is 10.0. The van der Waals surface area contributed by atoms with E-state index in [4.69, 9.17) is 0 Å². The molecule has 2 aromatic carbocycles. The van der Waals surface area contributed by atoms with Crippen molar-refractivity contribution in [3.8, 4) is 0 Å². The number of hydrogen-bond donors (Lipinski definition) is 1. The van der Waals surface area contributed by atoms with E-state index in [1.165, 1.54) is 4.31 Å². The molecule has 0 bridgehead atoms. The maximum atomic E-state index is 13.4. The van der Waals surface area contributed by atoms with Crippen molar-refractivity contribution < 1.29 is 13.2 Å². The number of sulfonamides is 1. The zero-order valence-electron chi connectivity index (χ0n) is 17.0. The van der Waals surface area contributed by atoms with Crippen LogP contribution in [0.4, 0.5) is 0 Å². The Kier molecular flexibility index (Phi) is 7.05. The SMILES string of the molecule is CC(C)c1ccc(S(=O)(=O)N(CC(=O)N2CCNCC2)Cc2ccccc2)cc1. The maximum Gasteiger partial charge on any atom is 0.243 e. The molecule has 0 radical (unpaired) electrons. The van der Waals surface area contributed by atoms with Crippen LogP contribution in [0, 0.1) is 0 Å². The number of carbonyl (C=O) groups is 1. The van der Waals surface area contributed by atoms with Gasteiger partial charge in [-0.1, -0.05) is 56.3 Å². The third-order valence-corrected chi connectivity index (χ3v) is 6.97. The van der Waals surface area contributed by atoms with Gasteiger partial charge in [-0.05, 0) is 29.2 Å². The Labute approximate surface area is 173 Å². The number of amides is 1. The first kappa shape index (κ1) is 21.5. The molecule has 29 heavy (non-hydrogen) atoms. The lowest BCUT2D eigenvalue weighted by Crippen LogP contribution is -2.50. The van der Waals surface area contributed by atoms with Crippen LogP contribution in [-0.4, -0.2) is 56.3 Å². The van der Waals surface area contributed by atoms with Crippen LogP contribution in [0.1, 0.15) is 30.9 Å². The Hall–Kier alpha value is -2.22. The molecule has 1 aliphatic heterocycles. The van der Waals surface area contributed by atoms with Crippen molar-refractivity contribution in [1.29, 1.82) is 0 Å². The molecule has 1 aliphatic rings. The summed E-state index contributed by atoms with van der Waals surface area (Å²) >= 11 is 0. The van der Waals surface area contributed by atoms with Gasteiger partial charge in [-0.25, -0.2) is 8.42 Å². The number of nitrogens with one attached hydrogen (secondary N) is 1. The predicted octanol–water partition coefficient (Wildman–Crippen LogP) is 2.43. The number of benzene rings is 2. The highest BCUT2D eigenvalue weighted by molar-refractivity contribution is 7.89. The first-order valence-corrected chi connectivity index (χ1v) is 11.4. The van der Waals surface area contributed by atoms with Gasteiger partial charge in [0.15, 0.2) is 0 Å². The minimum Gasteiger partial charge on any atom is -0.339 e. The number of carbonyl (C=O) groups excluding carboxylic acids is 1. The molecule has 0 spiro atoms. The molecule has 6 nitrogen and oxygen atoms in total. The maximum absolute atomic E-state index is 13.4. The molecular formula is C22H29N3O3S. The Bertz CT molecular complexity index is 906. The van der Waals surface area contributed by atoms with Crippen LogP contribution in [0.15, 0.2) is 59.5 Å². The largest absolute Gasteiger partial charge is 0.339 e. The molecule has 0 aliphatic carbocycles. The summed E-state index contributed by atoms with van der Waals surface area (Å²) in [6, 6.07) is 16.3. The Morgan fingerprint density at radius 3 is 2.24 bits per heavy atom. The second-order valence-electron chi connectivity index (χ2n) is 7.61. The number of piperazine rings is 1. The molecule has 3 rings (SSSR count). The van der Waals surface area contributed by atoms with E-state index in [2.05, 4.69) is 19.2 Å². The summed E-state index contributed by atoms with van der Waals surface area (Å²) in [6.07, 6.45) is 0. The monoisotopic (exact) mass is 415 g/mol. The van der Waals surface area contributed by atoms with E-state index in [1.54, 1.807) is 17.0 Å². The molecule has 1 N–H and O–H groups in total. The van der Waals surface area contributed by atoms with Crippen LogP contribution >= 0.6 is 0 Å². The normalized spacial score (nSPS) is 15.1. The molecule has 7 heteroatoms. The van der Waals surface area contributed by atoms with Crippen molar-refractivity contribution in [2.75, 3.05) is 32.7 Å². The highest BCUT2D eigenvalue weighted by Gasteiger charge is 2.29. The Morgan fingerprint density at radius 2 is 1.66 bits per heavy atom. The highest BCUT2D eigenvalue weighted by atomic mass is 32.2. The zero-order chi connectivity index (χ0) is 20.9. The van der Waals surface area contributed by atoms with Crippen molar-refractivity contribution in [2.24, 2.45) is 0 Å². The third-order valence-electron chi connectivity index (χ3n) is 5.17. The van der Waals surface area contributed by atoms with E-state index in [0.29, 0.717) is 19.0 Å². The van der Waals surface area contributed by atoms with Crippen LogP contribution in [0.2, 0.25) is 0 Å². The van der Waals surface area contributed by atoms with Gasteiger partial charge in [-0.15, -0.1) is 0 Å². The average molecular weight is 416 g/mol. The van der Waals surface area contributed by atoms with Crippen LogP contribution in [0.5, 0.6) is 0 Å². The molecule has 2 aromatic rings. The fraction of sp³-hybridized carbons (Fsp3) is 0.409. The third kappa shape index (κ3) is 5.44. The molecule has 0 atom stereocenters. The van der Waals surface area contributed by atoms with Gasteiger partial charge in [0.2, 0.25) is 15.9 Å². The number of hydrogen-bond acceptors (Lipinski definition) is 4. The standard InChI is InChI=1S/C22H29N3O3S/c1-18(2)20-8-10-21(11-9-20)29(27,28)25(16-19-6-4-3-5-7-19)17-22(26)24-14-12-23-13-15-24/h3-11,18,23H,12-17H2,1-2H3. The lowest BCUT2D eigenvalue weighted by Gasteiger charge is -2.30. The van der Waals surface area contributed by atoms with Gasteiger partial charge in [-0.2, -0.15) is 4.31 Å². The minimum absolute atomic E-state index is 0.160. The quantitative estimate of drug-likeness (QED) is 0.754. The van der Waals surface area contributed by atoms with Gasteiger partial charge in [0, 0.05) is 32.7 Å². The lowest BCUT2D eigenvalue weighted by molar-refractivity contribution is -0.132. The Morgan fingerprint density at radius 1 is 1.03 bits per heavy atom. The van der Waals surface area contributed by atoms with Gasteiger partial charge in [0.05, 0.1) is 11.4 Å². The summed E-state index contributed by atoms with van der Waals surface area (Å²) in [6.45, 7) is 6.79. The van der Waals surface area contributed by atoms with Gasteiger partial charge in [0.1, 0.15) is 0 Å².